The first-order valence-corrected chi connectivity index (χ1v) is 9.44. The lowest BCUT2D eigenvalue weighted by Gasteiger charge is -2.38. The van der Waals surface area contributed by atoms with Gasteiger partial charge in [-0.15, -0.1) is 24.2 Å². The van der Waals surface area contributed by atoms with Crippen molar-refractivity contribution in [2.24, 2.45) is 5.41 Å². The van der Waals surface area contributed by atoms with Crippen molar-refractivity contribution < 1.29 is 4.79 Å². The van der Waals surface area contributed by atoms with Crippen LogP contribution in [0, 0.1) is 12.3 Å². The van der Waals surface area contributed by atoms with Crippen molar-refractivity contribution in [2.45, 2.75) is 31.9 Å². The molecule has 1 amide bonds. The molecule has 5 heteroatoms. The highest BCUT2D eigenvalue weighted by Gasteiger charge is 2.37. The normalized spacial score (nSPS) is 19.6. The summed E-state index contributed by atoms with van der Waals surface area (Å²) in [5.74, 6) is 1.85. The zero-order valence-electron chi connectivity index (χ0n) is 13.8. The van der Waals surface area contributed by atoms with Gasteiger partial charge in [-0.1, -0.05) is 29.8 Å². The Bertz CT molecular complexity index is 522. The number of hydrogen-bond donors (Lipinski definition) is 1. The maximum Gasteiger partial charge on any atom is 0.232 e. The fourth-order valence-corrected chi connectivity index (χ4v) is 4.48. The number of carbonyl (C=O) groups is 1. The number of thioether (sulfide) groups is 1. The third-order valence-electron chi connectivity index (χ3n) is 5.09. The molecule has 3 rings (SSSR count). The molecule has 3 nitrogen and oxygen atoms in total. The van der Waals surface area contributed by atoms with Crippen molar-refractivity contribution in [3.8, 4) is 0 Å². The van der Waals surface area contributed by atoms with Crippen molar-refractivity contribution in [2.75, 3.05) is 31.9 Å². The van der Waals surface area contributed by atoms with Crippen LogP contribution in [0.15, 0.2) is 24.3 Å². The molecule has 2 aliphatic heterocycles. The number of rotatable bonds is 4. The zero-order chi connectivity index (χ0) is 15.4. The average molecular weight is 355 g/mol. The summed E-state index contributed by atoms with van der Waals surface area (Å²) in [5.41, 5.74) is 3.09. The van der Waals surface area contributed by atoms with E-state index < -0.39 is 0 Å². The summed E-state index contributed by atoms with van der Waals surface area (Å²) in [5, 5.41) is 3.48. The quantitative estimate of drug-likeness (QED) is 0.900. The van der Waals surface area contributed by atoms with Crippen LogP contribution in [-0.4, -0.2) is 42.7 Å². The molecule has 0 aromatic heterocycles. The Morgan fingerprint density at radius 2 is 2.09 bits per heavy atom. The van der Waals surface area contributed by atoms with E-state index in [-0.39, 0.29) is 12.4 Å². The highest BCUT2D eigenvalue weighted by atomic mass is 35.5. The second-order valence-corrected chi connectivity index (χ2v) is 7.78. The third-order valence-corrected chi connectivity index (χ3v) is 6.07. The van der Waals surface area contributed by atoms with Crippen LogP contribution < -0.4 is 5.32 Å². The topological polar surface area (TPSA) is 32.3 Å². The van der Waals surface area contributed by atoms with Gasteiger partial charge >= 0.3 is 0 Å². The molecule has 1 spiro atoms. The van der Waals surface area contributed by atoms with Crippen molar-refractivity contribution in [1.29, 1.82) is 0 Å². The van der Waals surface area contributed by atoms with Gasteiger partial charge in [0.2, 0.25) is 5.91 Å². The third kappa shape index (κ3) is 4.88. The Morgan fingerprint density at radius 1 is 1.30 bits per heavy atom. The van der Waals surface area contributed by atoms with Crippen LogP contribution in [0.5, 0.6) is 0 Å². The van der Waals surface area contributed by atoms with Gasteiger partial charge in [0, 0.05) is 25.4 Å². The lowest BCUT2D eigenvalue weighted by molar-refractivity contribution is -0.130. The summed E-state index contributed by atoms with van der Waals surface area (Å²) in [7, 11) is 0. The van der Waals surface area contributed by atoms with Gasteiger partial charge in [0.05, 0.1) is 5.75 Å². The summed E-state index contributed by atoms with van der Waals surface area (Å²) >= 11 is 1.74. The minimum absolute atomic E-state index is 0. The number of hydrogen-bond acceptors (Lipinski definition) is 3. The average Bonchev–Trinajstić information content (AvgIpc) is 2.96. The first-order chi connectivity index (χ1) is 10.7. The molecule has 1 aromatic carbocycles. The predicted molar refractivity (Wildman–Crippen MR) is 100 cm³/mol. The zero-order valence-corrected chi connectivity index (χ0v) is 15.5. The summed E-state index contributed by atoms with van der Waals surface area (Å²) in [6.45, 7) is 6.31. The monoisotopic (exact) mass is 354 g/mol. The number of nitrogens with zero attached hydrogens (tertiary/aromatic N) is 1. The molecular weight excluding hydrogens is 328 g/mol. The van der Waals surface area contributed by atoms with Gasteiger partial charge in [-0.3, -0.25) is 4.79 Å². The van der Waals surface area contributed by atoms with E-state index in [1.807, 2.05) is 0 Å². The molecule has 0 atom stereocenters. The Balaban J connectivity index is 0.00000192. The highest BCUT2D eigenvalue weighted by molar-refractivity contribution is 7.99. The van der Waals surface area contributed by atoms with Gasteiger partial charge in [-0.25, -0.2) is 0 Å². The predicted octanol–water partition coefficient (Wildman–Crippen LogP) is 3.25. The number of benzene rings is 1. The minimum Gasteiger partial charge on any atom is -0.342 e. The molecule has 1 aromatic rings. The van der Waals surface area contributed by atoms with E-state index in [1.54, 1.807) is 11.8 Å². The van der Waals surface area contributed by atoms with E-state index in [1.165, 1.54) is 30.4 Å². The number of likely N-dealkylation sites (tertiary alicyclic amines) is 1. The van der Waals surface area contributed by atoms with Gasteiger partial charge < -0.3 is 10.2 Å². The van der Waals surface area contributed by atoms with Crippen molar-refractivity contribution >= 4 is 30.1 Å². The molecule has 0 bridgehead atoms. The molecule has 2 heterocycles. The van der Waals surface area contributed by atoms with Crippen LogP contribution in [0.25, 0.3) is 0 Å². The van der Waals surface area contributed by atoms with Gasteiger partial charge in [0.15, 0.2) is 0 Å². The number of aryl methyl sites for hydroxylation is 1. The Labute approximate surface area is 150 Å². The van der Waals surface area contributed by atoms with E-state index in [0.717, 1.165) is 31.9 Å². The summed E-state index contributed by atoms with van der Waals surface area (Å²) in [4.78, 5) is 14.4. The standard InChI is InChI=1S/C18H26N2OS.ClH/c1-15-3-2-4-16(11-15)12-22-13-17(21)20-9-6-18(7-10-20)5-8-19-14-18;/h2-4,11,19H,5-10,12-14H2,1H3;1H. The molecule has 2 fully saturated rings. The first-order valence-electron chi connectivity index (χ1n) is 8.29. The number of halogens is 1. The van der Waals surface area contributed by atoms with Crippen LogP contribution in [0.1, 0.15) is 30.4 Å². The fraction of sp³-hybridized carbons (Fsp3) is 0.611. The first kappa shape index (κ1) is 18.6. The smallest absolute Gasteiger partial charge is 0.232 e. The maximum atomic E-state index is 12.3. The molecule has 0 unspecified atom stereocenters. The Kier molecular flexibility index (Phi) is 6.81. The molecule has 128 valence electrons. The number of amides is 1. The Hall–Kier alpha value is -0.710. The van der Waals surface area contributed by atoms with E-state index in [2.05, 4.69) is 41.4 Å². The number of carbonyl (C=O) groups excluding carboxylic acids is 1. The lowest BCUT2D eigenvalue weighted by atomic mass is 9.78. The molecule has 2 aliphatic rings. The van der Waals surface area contributed by atoms with Crippen molar-refractivity contribution in [3.05, 3.63) is 35.4 Å². The maximum absolute atomic E-state index is 12.3. The van der Waals surface area contributed by atoms with Crippen molar-refractivity contribution in [1.82, 2.24) is 10.2 Å². The lowest BCUT2D eigenvalue weighted by Crippen LogP contribution is -2.44. The molecule has 0 saturated carbocycles. The fourth-order valence-electron chi connectivity index (χ4n) is 3.60. The second-order valence-electron chi connectivity index (χ2n) is 6.79. The van der Waals surface area contributed by atoms with Crippen LogP contribution >= 0.6 is 24.2 Å². The van der Waals surface area contributed by atoms with E-state index in [4.69, 9.17) is 0 Å². The van der Waals surface area contributed by atoms with E-state index in [0.29, 0.717) is 17.1 Å². The van der Waals surface area contributed by atoms with E-state index in [9.17, 15) is 4.79 Å². The van der Waals surface area contributed by atoms with Gasteiger partial charge in [0.25, 0.3) is 0 Å². The molecule has 1 N–H and O–H groups in total. The molecule has 2 saturated heterocycles. The van der Waals surface area contributed by atoms with Gasteiger partial charge in [-0.05, 0) is 43.7 Å². The van der Waals surface area contributed by atoms with Crippen molar-refractivity contribution in [3.63, 3.8) is 0 Å². The van der Waals surface area contributed by atoms with E-state index >= 15 is 0 Å². The Morgan fingerprint density at radius 3 is 2.74 bits per heavy atom. The van der Waals surface area contributed by atoms with Crippen LogP contribution in [-0.2, 0) is 10.5 Å². The summed E-state index contributed by atoms with van der Waals surface area (Å²) < 4.78 is 0. The van der Waals surface area contributed by atoms with Crippen LogP contribution in [0.2, 0.25) is 0 Å². The minimum atomic E-state index is 0. The largest absolute Gasteiger partial charge is 0.342 e. The summed E-state index contributed by atoms with van der Waals surface area (Å²) in [6, 6.07) is 8.55. The summed E-state index contributed by atoms with van der Waals surface area (Å²) in [6.07, 6.45) is 3.64. The van der Waals surface area contributed by atoms with Crippen LogP contribution in [0.3, 0.4) is 0 Å². The molecule has 0 radical (unpaired) electrons. The van der Waals surface area contributed by atoms with Crippen LogP contribution in [0.4, 0.5) is 0 Å². The van der Waals surface area contributed by atoms with Gasteiger partial charge in [0.1, 0.15) is 0 Å². The molecule has 0 aliphatic carbocycles. The SMILES string of the molecule is Cc1cccc(CSCC(=O)N2CCC3(CCNC3)CC2)c1.Cl. The van der Waals surface area contributed by atoms with Gasteiger partial charge in [-0.2, -0.15) is 0 Å². The highest BCUT2D eigenvalue weighted by Crippen LogP contribution is 2.37. The molecule has 23 heavy (non-hydrogen) atoms. The number of piperidine rings is 1. The molecular formula is C18H27ClN2OS. The number of nitrogens with one attached hydrogen (secondary N) is 1. The second kappa shape index (κ2) is 8.41.